The van der Waals surface area contributed by atoms with Crippen LogP contribution in [-0.2, 0) is 6.18 Å². The Morgan fingerprint density at radius 2 is 1.79 bits per heavy atom. The standard InChI is InChI=1S/C21H17F5N4O3/c1-10(11-6-12(21(24,25)26)8-13(27)7-11)14-9-17(31)30(29-18(14)19(28)32)15-4-2-3-5-16(15)33-20(22)23/h2-10,20H,27H2,1H3,(H2,28,32)/t10-/m1/s1. The Morgan fingerprint density at radius 1 is 1.12 bits per heavy atom. The van der Waals surface area contributed by atoms with Crippen LogP contribution in [0.1, 0.15) is 40.0 Å². The fourth-order valence-electron chi connectivity index (χ4n) is 3.26. The molecule has 1 atom stereocenters. The number of ether oxygens (including phenoxy) is 1. The van der Waals surface area contributed by atoms with Gasteiger partial charge in [0.15, 0.2) is 11.4 Å². The van der Waals surface area contributed by atoms with Gasteiger partial charge in [-0.05, 0) is 41.5 Å². The summed E-state index contributed by atoms with van der Waals surface area (Å²) in [4.78, 5) is 24.9. The molecule has 7 nitrogen and oxygen atoms in total. The number of nitrogens with two attached hydrogens (primary N) is 2. The maximum atomic E-state index is 13.2. The van der Waals surface area contributed by atoms with Crippen molar-refractivity contribution in [3.63, 3.8) is 0 Å². The third kappa shape index (κ3) is 5.10. The minimum atomic E-state index is -4.67. The first kappa shape index (κ1) is 23.7. The SMILES string of the molecule is C[C@H](c1cc(N)cc(C(F)(F)F)c1)c1cc(=O)n(-c2ccccc2OC(F)F)nc1C(N)=O. The van der Waals surface area contributed by atoms with Gasteiger partial charge >= 0.3 is 12.8 Å². The van der Waals surface area contributed by atoms with E-state index in [1.165, 1.54) is 37.3 Å². The van der Waals surface area contributed by atoms with Crippen molar-refractivity contribution in [2.45, 2.75) is 25.6 Å². The van der Waals surface area contributed by atoms with Crippen LogP contribution < -0.4 is 21.8 Å². The van der Waals surface area contributed by atoms with Crippen molar-refractivity contribution >= 4 is 11.6 Å². The molecule has 1 aromatic heterocycles. The van der Waals surface area contributed by atoms with Gasteiger partial charge in [0.1, 0.15) is 5.69 Å². The molecule has 0 unspecified atom stereocenters. The van der Waals surface area contributed by atoms with E-state index in [4.69, 9.17) is 11.5 Å². The zero-order valence-corrected chi connectivity index (χ0v) is 16.9. The lowest BCUT2D eigenvalue weighted by Crippen LogP contribution is -2.29. The van der Waals surface area contributed by atoms with Gasteiger partial charge in [-0.3, -0.25) is 9.59 Å². The molecule has 0 bridgehead atoms. The lowest BCUT2D eigenvalue weighted by Gasteiger charge is -2.19. The summed E-state index contributed by atoms with van der Waals surface area (Å²) in [5, 5.41) is 3.90. The van der Waals surface area contributed by atoms with E-state index in [0.717, 1.165) is 18.2 Å². The number of amides is 1. The number of anilines is 1. The van der Waals surface area contributed by atoms with Crippen LogP contribution in [0.15, 0.2) is 53.3 Å². The molecule has 0 saturated heterocycles. The van der Waals surface area contributed by atoms with E-state index >= 15 is 0 Å². The Kier molecular flexibility index (Phi) is 6.38. The van der Waals surface area contributed by atoms with Gasteiger partial charge in [0.2, 0.25) is 0 Å². The highest BCUT2D eigenvalue weighted by molar-refractivity contribution is 5.92. The van der Waals surface area contributed by atoms with Crippen LogP contribution in [0.4, 0.5) is 27.6 Å². The molecule has 2 aromatic carbocycles. The first-order valence-corrected chi connectivity index (χ1v) is 9.34. The molecule has 1 heterocycles. The minimum Gasteiger partial charge on any atom is -0.433 e. The van der Waals surface area contributed by atoms with Crippen molar-refractivity contribution in [3.05, 3.63) is 81.3 Å². The van der Waals surface area contributed by atoms with E-state index in [1.54, 1.807) is 0 Å². The minimum absolute atomic E-state index is 0.0604. The number of hydrogen-bond acceptors (Lipinski definition) is 5. The average Bonchev–Trinajstić information content (AvgIpc) is 2.72. The van der Waals surface area contributed by atoms with Crippen molar-refractivity contribution in [3.8, 4) is 11.4 Å². The third-order valence-corrected chi connectivity index (χ3v) is 4.78. The molecule has 0 aliphatic heterocycles. The van der Waals surface area contributed by atoms with E-state index in [2.05, 4.69) is 9.84 Å². The van der Waals surface area contributed by atoms with Gasteiger partial charge in [-0.25, -0.2) is 0 Å². The number of para-hydroxylation sites is 2. The van der Waals surface area contributed by atoms with Crippen LogP contribution in [0.5, 0.6) is 5.75 Å². The number of alkyl halides is 5. The predicted molar refractivity (Wildman–Crippen MR) is 108 cm³/mol. The quantitative estimate of drug-likeness (QED) is 0.423. The molecule has 33 heavy (non-hydrogen) atoms. The molecule has 3 aromatic rings. The second kappa shape index (κ2) is 8.88. The fourth-order valence-corrected chi connectivity index (χ4v) is 3.26. The number of hydrogen-bond donors (Lipinski definition) is 2. The summed E-state index contributed by atoms with van der Waals surface area (Å²) in [5.74, 6) is -2.42. The van der Waals surface area contributed by atoms with E-state index < -0.39 is 41.4 Å². The Labute approximate surface area is 183 Å². The van der Waals surface area contributed by atoms with Crippen LogP contribution in [0, 0.1) is 0 Å². The lowest BCUT2D eigenvalue weighted by atomic mass is 9.90. The molecule has 0 aliphatic carbocycles. The monoisotopic (exact) mass is 468 g/mol. The number of nitrogen functional groups attached to an aromatic ring is 1. The second-order valence-electron chi connectivity index (χ2n) is 7.02. The Hall–Kier alpha value is -3.96. The van der Waals surface area contributed by atoms with Crippen molar-refractivity contribution in [1.29, 1.82) is 0 Å². The van der Waals surface area contributed by atoms with E-state index in [9.17, 15) is 31.5 Å². The van der Waals surface area contributed by atoms with Gasteiger partial charge < -0.3 is 16.2 Å². The highest BCUT2D eigenvalue weighted by Crippen LogP contribution is 2.35. The molecular formula is C21H17F5N4O3. The van der Waals surface area contributed by atoms with Crippen LogP contribution in [0.25, 0.3) is 5.69 Å². The summed E-state index contributed by atoms with van der Waals surface area (Å²) in [7, 11) is 0. The highest BCUT2D eigenvalue weighted by Gasteiger charge is 2.32. The number of benzene rings is 2. The van der Waals surface area contributed by atoms with Gasteiger partial charge in [0, 0.05) is 17.7 Å². The number of nitrogens with zero attached hydrogens (tertiary/aromatic N) is 2. The molecule has 0 spiro atoms. The molecule has 0 fully saturated rings. The maximum absolute atomic E-state index is 13.2. The number of carbonyl (C=O) groups excluding carboxylic acids is 1. The van der Waals surface area contributed by atoms with Crippen LogP contribution in [0.2, 0.25) is 0 Å². The van der Waals surface area contributed by atoms with Gasteiger partial charge in [-0.1, -0.05) is 19.1 Å². The maximum Gasteiger partial charge on any atom is 0.416 e. The molecule has 0 saturated carbocycles. The molecule has 4 N–H and O–H groups in total. The van der Waals surface area contributed by atoms with E-state index in [-0.39, 0.29) is 28.3 Å². The summed E-state index contributed by atoms with van der Waals surface area (Å²) in [6.45, 7) is -1.75. The topological polar surface area (TPSA) is 113 Å². The third-order valence-electron chi connectivity index (χ3n) is 4.78. The molecular weight excluding hydrogens is 451 g/mol. The van der Waals surface area contributed by atoms with Gasteiger partial charge in [-0.15, -0.1) is 0 Å². The Balaban J connectivity index is 2.17. The number of aromatic nitrogens is 2. The Bertz CT molecular complexity index is 1260. The number of rotatable bonds is 6. The lowest BCUT2D eigenvalue weighted by molar-refractivity contribution is -0.137. The molecule has 174 valence electrons. The molecule has 0 aliphatic rings. The predicted octanol–water partition coefficient (Wildman–Crippen LogP) is 3.69. The average molecular weight is 468 g/mol. The molecule has 12 heteroatoms. The number of primary amides is 1. The summed E-state index contributed by atoms with van der Waals surface area (Å²) in [6, 6.07) is 9.04. The van der Waals surface area contributed by atoms with Gasteiger partial charge in [0.25, 0.3) is 11.5 Å². The normalized spacial score (nSPS) is 12.6. The Morgan fingerprint density at radius 3 is 2.39 bits per heavy atom. The molecule has 1 amide bonds. The summed E-state index contributed by atoms with van der Waals surface area (Å²) < 4.78 is 70.1. The van der Waals surface area contributed by atoms with E-state index in [0.29, 0.717) is 4.68 Å². The van der Waals surface area contributed by atoms with Crippen molar-refractivity contribution in [2.24, 2.45) is 5.73 Å². The van der Waals surface area contributed by atoms with Crippen molar-refractivity contribution in [1.82, 2.24) is 9.78 Å². The number of carbonyl (C=O) groups is 1. The zero-order valence-electron chi connectivity index (χ0n) is 16.9. The molecule has 0 radical (unpaired) electrons. The van der Waals surface area contributed by atoms with Crippen LogP contribution in [-0.4, -0.2) is 22.3 Å². The largest absolute Gasteiger partial charge is 0.433 e. The summed E-state index contributed by atoms with van der Waals surface area (Å²) in [5.41, 5.74) is 8.34. The first-order valence-electron chi connectivity index (χ1n) is 9.34. The first-order chi connectivity index (χ1) is 15.4. The van der Waals surface area contributed by atoms with Crippen molar-refractivity contribution in [2.75, 3.05) is 5.73 Å². The number of halogens is 5. The van der Waals surface area contributed by atoms with Crippen molar-refractivity contribution < 1.29 is 31.5 Å². The molecule has 3 rings (SSSR count). The van der Waals surface area contributed by atoms with E-state index in [1.807, 2.05) is 0 Å². The second-order valence-corrected chi connectivity index (χ2v) is 7.02. The van der Waals surface area contributed by atoms with Crippen LogP contribution >= 0.6 is 0 Å². The van der Waals surface area contributed by atoms with Gasteiger partial charge in [0.05, 0.1) is 5.56 Å². The van der Waals surface area contributed by atoms with Crippen LogP contribution in [0.3, 0.4) is 0 Å². The van der Waals surface area contributed by atoms with Gasteiger partial charge in [-0.2, -0.15) is 31.7 Å². The fraction of sp³-hybridized carbons (Fsp3) is 0.190. The highest BCUT2D eigenvalue weighted by atomic mass is 19.4. The summed E-state index contributed by atoms with van der Waals surface area (Å²) >= 11 is 0. The summed E-state index contributed by atoms with van der Waals surface area (Å²) in [6.07, 6.45) is -4.67. The zero-order chi connectivity index (χ0) is 24.5. The smallest absolute Gasteiger partial charge is 0.416 e.